The van der Waals surface area contributed by atoms with E-state index in [1.165, 1.54) is 24.8 Å². The first kappa shape index (κ1) is 27.9. The molecular formula is C23H30F3N3O6. The fraction of sp³-hybridized carbons (Fsp3) is 0.565. The molecule has 12 heteroatoms. The molecule has 4 N–H and O–H groups in total. The van der Waals surface area contributed by atoms with E-state index < -0.39 is 71.1 Å². The highest BCUT2D eigenvalue weighted by atomic mass is 19.4. The Morgan fingerprint density at radius 3 is 2.09 bits per heavy atom. The number of likely N-dealkylation sites (tertiary alicyclic amines) is 1. The Hall–Kier alpha value is -3.31. The minimum atomic E-state index is -5.12. The van der Waals surface area contributed by atoms with Gasteiger partial charge in [0.1, 0.15) is 12.1 Å². The lowest BCUT2D eigenvalue weighted by Gasteiger charge is -2.32. The van der Waals surface area contributed by atoms with E-state index in [0.29, 0.717) is 6.42 Å². The SMILES string of the molecule is CC(C)C(NC(=O)[C@@H]1CCCN1C(=O)[C@@H](NC(=O)c1ccc(O)c(O)c1)C(C)C)C(=O)C(F)(F)F. The maximum absolute atomic E-state index is 13.3. The molecule has 194 valence electrons. The molecule has 3 atom stereocenters. The first-order valence-corrected chi connectivity index (χ1v) is 11.2. The van der Waals surface area contributed by atoms with Crippen molar-refractivity contribution in [3.05, 3.63) is 23.8 Å². The number of aromatic hydroxyl groups is 2. The molecule has 1 heterocycles. The minimum Gasteiger partial charge on any atom is -0.504 e. The fourth-order valence-electron chi connectivity index (χ4n) is 3.85. The maximum Gasteiger partial charge on any atom is 0.452 e. The number of alkyl halides is 3. The first-order chi connectivity index (χ1) is 16.1. The minimum absolute atomic E-state index is 0.0140. The maximum atomic E-state index is 13.3. The Kier molecular flexibility index (Phi) is 8.74. The second kappa shape index (κ2) is 11.0. The fourth-order valence-corrected chi connectivity index (χ4v) is 3.85. The molecule has 9 nitrogen and oxygen atoms in total. The number of hydrogen-bond donors (Lipinski definition) is 4. The van der Waals surface area contributed by atoms with E-state index in [0.717, 1.165) is 12.1 Å². The molecule has 1 aliphatic rings. The number of phenols is 2. The number of benzene rings is 1. The summed E-state index contributed by atoms with van der Waals surface area (Å²) in [4.78, 5) is 51.8. The van der Waals surface area contributed by atoms with E-state index >= 15 is 0 Å². The monoisotopic (exact) mass is 501 g/mol. The molecule has 35 heavy (non-hydrogen) atoms. The van der Waals surface area contributed by atoms with Gasteiger partial charge in [-0.25, -0.2) is 0 Å². The van der Waals surface area contributed by atoms with Crippen molar-refractivity contribution < 1.29 is 42.6 Å². The average Bonchev–Trinajstić information content (AvgIpc) is 3.25. The highest BCUT2D eigenvalue weighted by Crippen LogP contribution is 2.26. The zero-order chi connectivity index (χ0) is 26.7. The third-order valence-electron chi connectivity index (χ3n) is 5.82. The number of Topliss-reactive ketones (excluding diaryl/α,β-unsaturated/α-hetero) is 1. The molecule has 0 saturated carbocycles. The predicted molar refractivity (Wildman–Crippen MR) is 118 cm³/mol. The quantitative estimate of drug-likeness (QED) is 0.403. The number of phenolic OH excluding ortho intramolecular Hbond substituents is 2. The summed E-state index contributed by atoms with van der Waals surface area (Å²) in [6.07, 6.45) is -4.52. The second-order valence-electron chi connectivity index (χ2n) is 9.18. The lowest BCUT2D eigenvalue weighted by Crippen LogP contribution is -2.58. The van der Waals surface area contributed by atoms with Gasteiger partial charge in [0.05, 0.1) is 6.04 Å². The Morgan fingerprint density at radius 1 is 0.971 bits per heavy atom. The van der Waals surface area contributed by atoms with Crippen LogP contribution in [0.4, 0.5) is 13.2 Å². The van der Waals surface area contributed by atoms with Crippen LogP contribution < -0.4 is 10.6 Å². The second-order valence-corrected chi connectivity index (χ2v) is 9.18. The van der Waals surface area contributed by atoms with Crippen molar-refractivity contribution in [2.24, 2.45) is 11.8 Å². The van der Waals surface area contributed by atoms with E-state index in [-0.39, 0.29) is 18.5 Å². The number of hydrogen-bond acceptors (Lipinski definition) is 6. The van der Waals surface area contributed by atoms with Crippen molar-refractivity contribution in [1.82, 2.24) is 15.5 Å². The highest BCUT2D eigenvalue weighted by molar-refractivity contribution is 5.99. The molecule has 0 aliphatic carbocycles. The summed E-state index contributed by atoms with van der Waals surface area (Å²) in [6.45, 7) is 6.23. The van der Waals surface area contributed by atoms with Crippen LogP contribution in [0.3, 0.4) is 0 Å². The van der Waals surface area contributed by atoms with Crippen LogP contribution in [0.5, 0.6) is 11.5 Å². The van der Waals surface area contributed by atoms with Gasteiger partial charge in [-0.15, -0.1) is 0 Å². The summed E-state index contributed by atoms with van der Waals surface area (Å²) in [7, 11) is 0. The van der Waals surface area contributed by atoms with Gasteiger partial charge in [0, 0.05) is 12.1 Å². The van der Waals surface area contributed by atoms with Crippen LogP contribution in [0.25, 0.3) is 0 Å². The molecule has 1 unspecified atom stereocenters. The number of rotatable bonds is 8. The topological polar surface area (TPSA) is 136 Å². The van der Waals surface area contributed by atoms with Crippen LogP contribution in [0.15, 0.2) is 18.2 Å². The van der Waals surface area contributed by atoms with E-state index in [9.17, 15) is 42.6 Å². The normalized spacial score (nSPS) is 17.9. The Bertz CT molecular complexity index is 980. The van der Waals surface area contributed by atoms with Crippen molar-refractivity contribution in [2.45, 2.75) is 64.8 Å². The summed E-state index contributed by atoms with van der Waals surface area (Å²) in [6, 6.07) is -0.567. The van der Waals surface area contributed by atoms with Gasteiger partial charge in [-0.05, 0) is 42.9 Å². The summed E-state index contributed by atoms with van der Waals surface area (Å²) in [5.41, 5.74) is -0.0140. The van der Waals surface area contributed by atoms with Crippen LogP contribution in [-0.4, -0.2) is 69.5 Å². The van der Waals surface area contributed by atoms with Gasteiger partial charge in [-0.3, -0.25) is 19.2 Å². The average molecular weight is 502 g/mol. The van der Waals surface area contributed by atoms with E-state index in [1.807, 2.05) is 0 Å². The van der Waals surface area contributed by atoms with Crippen LogP contribution in [0.1, 0.15) is 50.9 Å². The molecule has 1 aromatic rings. The van der Waals surface area contributed by atoms with Crippen molar-refractivity contribution in [1.29, 1.82) is 0 Å². The number of carbonyl (C=O) groups excluding carboxylic acids is 4. The Balaban J connectivity index is 2.19. The van der Waals surface area contributed by atoms with Crippen LogP contribution in [0, 0.1) is 11.8 Å². The molecule has 0 radical (unpaired) electrons. The molecule has 0 aromatic heterocycles. The number of amides is 3. The summed E-state index contributed by atoms with van der Waals surface area (Å²) < 4.78 is 38.9. The molecule has 1 fully saturated rings. The van der Waals surface area contributed by atoms with Gasteiger partial charge in [0.25, 0.3) is 11.7 Å². The van der Waals surface area contributed by atoms with Crippen molar-refractivity contribution in [3.63, 3.8) is 0 Å². The van der Waals surface area contributed by atoms with Crippen molar-refractivity contribution in [3.8, 4) is 11.5 Å². The van der Waals surface area contributed by atoms with Crippen molar-refractivity contribution in [2.75, 3.05) is 6.54 Å². The molecular weight excluding hydrogens is 471 g/mol. The predicted octanol–water partition coefficient (Wildman–Crippen LogP) is 2.12. The molecule has 1 aromatic carbocycles. The standard InChI is InChI=1S/C23H30F3N3O6/c1-11(2)17(19(32)23(24,25)26)27-21(34)14-6-5-9-29(14)22(35)18(12(3)4)28-20(33)13-7-8-15(30)16(31)10-13/h7-8,10-12,14,17-18,30-31H,5-6,9H2,1-4H3,(H,27,34)(H,28,33)/t14-,17?,18-/m0/s1. The van der Waals surface area contributed by atoms with E-state index in [1.54, 1.807) is 13.8 Å². The number of ketones is 1. The van der Waals surface area contributed by atoms with E-state index in [4.69, 9.17) is 0 Å². The Morgan fingerprint density at radius 2 is 1.57 bits per heavy atom. The van der Waals surface area contributed by atoms with Gasteiger partial charge < -0.3 is 25.7 Å². The highest BCUT2D eigenvalue weighted by Gasteiger charge is 2.46. The van der Waals surface area contributed by atoms with Crippen molar-refractivity contribution >= 4 is 23.5 Å². The molecule has 2 rings (SSSR count). The zero-order valence-electron chi connectivity index (χ0n) is 19.8. The zero-order valence-corrected chi connectivity index (χ0v) is 19.8. The van der Waals surface area contributed by atoms with Gasteiger partial charge in [-0.1, -0.05) is 27.7 Å². The van der Waals surface area contributed by atoms with Gasteiger partial charge >= 0.3 is 6.18 Å². The summed E-state index contributed by atoms with van der Waals surface area (Å²) in [5.74, 6) is -6.44. The lowest BCUT2D eigenvalue weighted by molar-refractivity contribution is -0.175. The van der Waals surface area contributed by atoms with E-state index in [2.05, 4.69) is 10.6 Å². The lowest BCUT2D eigenvalue weighted by atomic mass is 9.98. The summed E-state index contributed by atoms with van der Waals surface area (Å²) >= 11 is 0. The number of nitrogens with zero attached hydrogens (tertiary/aromatic N) is 1. The first-order valence-electron chi connectivity index (χ1n) is 11.2. The number of halogens is 3. The van der Waals surface area contributed by atoms with Gasteiger partial charge in [0.15, 0.2) is 11.5 Å². The number of carbonyl (C=O) groups is 4. The van der Waals surface area contributed by atoms with Crippen LogP contribution in [-0.2, 0) is 14.4 Å². The third kappa shape index (κ3) is 6.64. The molecule has 3 amide bonds. The van der Waals surface area contributed by atoms with Crippen LogP contribution >= 0.6 is 0 Å². The molecule has 1 aliphatic heterocycles. The number of nitrogens with one attached hydrogen (secondary N) is 2. The van der Waals surface area contributed by atoms with Gasteiger partial charge in [-0.2, -0.15) is 13.2 Å². The molecule has 0 spiro atoms. The molecule has 0 bridgehead atoms. The summed E-state index contributed by atoms with van der Waals surface area (Å²) in [5, 5.41) is 23.8. The smallest absolute Gasteiger partial charge is 0.452 e. The largest absolute Gasteiger partial charge is 0.504 e. The third-order valence-corrected chi connectivity index (χ3v) is 5.82. The Labute approximate surface area is 200 Å². The van der Waals surface area contributed by atoms with Crippen LogP contribution in [0.2, 0.25) is 0 Å². The molecule has 1 saturated heterocycles. The van der Waals surface area contributed by atoms with Gasteiger partial charge in [0.2, 0.25) is 11.8 Å².